The lowest BCUT2D eigenvalue weighted by Gasteiger charge is -2.17. The number of hydrogen-bond acceptors (Lipinski definition) is 2. The average Bonchev–Trinajstić information content (AvgIpc) is 2.05. The molecule has 0 saturated carbocycles. The van der Waals surface area contributed by atoms with Crippen LogP contribution in [-0.2, 0) is 11.2 Å². The monoisotopic (exact) mass is 269 g/mol. The average molecular weight is 270 g/mol. The van der Waals surface area contributed by atoms with Crippen molar-refractivity contribution in [2.75, 3.05) is 0 Å². The largest absolute Gasteiger partial charge is 0.325 e. The van der Waals surface area contributed by atoms with E-state index in [-0.39, 0.29) is 5.78 Å². The van der Waals surface area contributed by atoms with E-state index in [0.717, 1.165) is 10.0 Å². The Kier molecular flexibility index (Phi) is 4.05. The Hall–Kier alpha value is -0.670. The van der Waals surface area contributed by atoms with E-state index in [1.807, 2.05) is 38.1 Å². The van der Waals surface area contributed by atoms with Gasteiger partial charge in [0.15, 0.2) is 0 Å². The molecule has 0 bridgehead atoms. The topological polar surface area (TPSA) is 43.1 Å². The summed E-state index contributed by atoms with van der Waals surface area (Å²) in [7, 11) is 0. The molecule has 1 aromatic carbocycles. The Bertz CT molecular complexity index is 355. The van der Waals surface area contributed by atoms with Crippen LogP contribution in [-0.4, -0.2) is 11.3 Å². The molecule has 0 unspecified atom stereocenters. The summed E-state index contributed by atoms with van der Waals surface area (Å²) in [6, 6.07) is 7.76. The molecule has 82 valence electrons. The quantitative estimate of drug-likeness (QED) is 0.914. The minimum absolute atomic E-state index is 0.175. The zero-order valence-corrected chi connectivity index (χ0v) is 10.7. The minimum atomic E-state index is -0.418. The maximum absolute atomic E-state index is 11.7. The van der Waals surface area contributed by atoms with Crippen LogP contribution >= 0.6 is 15.9 Å². The van der Waals surface area contributed by atoms with Crippen molar-refractivity contribution in [1.29, 1.82) is 0 Å². The Morgan fingerprint density at radius 2 is 2.00 bits per heavy atom. The van der Waals surface area contributed by atoms with Gasteiger partial charge in [-0.25, -0.2) is 0 Å². The summed E-state index contributed by atoms with van der Waals surface area (Å²) in [5.74, 6) is 0.175. The van der Waals surface area contributed by atoms with Gasteiger partial charge in [0.1, 0.15) is 5.78 Å². The first-order chi connectivity index (χ1) is 6.88. The first-order valence-corrected chi connectivity index (χ1v) is 5.72. The van der Waals surface area contributed by atoms with E-state index in [9.17, 15) is 4.79 Å². The lowest BCUT2D eigenvalue weighted by atomic mass is 9.96. The Morgan fingerprint density at radius 3 is 2.53 bits per heavy atom. The number of Topliss-reactive ketones (excluding diaryl/α,β-unsaturated/α-hetero) is 1. The van der Waals surface area contributed by atoms with Gasteiger partial charge in [-0.2, -0.15) is 0 Å². The van der Waals surface area contributed by atoms with Crippen LogP contribution in [0.1, 0.15) is 25.8 Å². The highest BCUT2D eigenvalue weighted by atomic mass is 79.9. The molecule has 0 aliphatic heterocycles. The highest BCUT2D eigenvalue weighted by Crippen LogP contribution is 2.18. The molecule has 0 radical (unpaired) electrons. The molecule has 0 aliphatic carbocycles. The Labute approximate surface area is 99.0 Å². The zero-order chi connectivity index (χ0) is 11.5. The summed E-state index contributed by atoms with van der Waals surface area (Å²) in [6.07, 6.45) is 0.858. The number of ketones is 1. The van der Waals surface area contributed by atoms with Gasteiger partial charge in [0.2, 0.25) is 0 Å². The lowest BCUT2D eigenvalue weighted by molar-refractivity contribution is -0.119. The van der Waals surface area contributed by atoms with E-state index < -0.39 is 5.54 Å². The number of carbonyl (C=O) groups is 1. The fourth-order valence-corrected chi connectivity index (χ4v) is 1.85. The zero-order valence-electron chi connectivity index (χ0n) is 9.09. The van der Waals surface area contributed by atoms with Crippen molar-refractivity contribution in [2.24, 2.45) is 5.73 Å². The molecule has 1 aromatic rings. The normalized spacial score (nSPS) is 11.5. The Morgan fingerprint density at radius 1 is 1.40 bits per heavy atom. The molecule has 0 amide bonds. The third kappa shape index (κ3) is 4.58. The number of rotatable bonds is 4. The molecule has 15 heavy (non-hydrogen) atoms. The fourth-order valence-electron chi connectivity index (χ4n) is 1.42. The van der Waals surface area contributed by atoms with Crippen molar-refractivity contribution in [1.82, 2.24) is 0 Å². The molecule has 0 fully saturated rings. The van der Waals surface area contributed by atoms with Crippen molar-refractivity contribution in [3.05, 3.63) is 34.3 Å². The van der Waals surface area contributed by atoms with Crippen molar-refractivity contribution >= 4 is 21.7 Å². The number of nitrogens with two attached hydrogens (primary N) is 1. The van der Waals surface area contributed by atoms with Crippen LogP contribution in [0.5, 0.6) is 0 Å². The maximum Gasteiger partial charge on any atom is 0.139 e. The van der Waals surface area contributed by atoms with Gasteiger partial charge in [0.25, 0.3) is 0 Å². The molecule has 0 spiro atoms. The van der Waals surface area contributed by atoms with Crippen LogP contribution in [0.25, 0.3) is 0 Å². The third-order valence-electron chi connectivity index (χ3n) is 2.00. The van der Waals surface area contributed by atoms with Gasteiger partial charge < -0.3 is 5.73 Å². The number of carbonyl (C=O) groups excluding carboxylic acids is 1. The van der Waals surface area contributed by atoms with Crippen LogP contribution < -0.4 is 5.73 Å². The molecule has 0 aromatic heterocycles. The molecule has 2 nitrogen and oxygen atoms in total. The molecule has 2 N–H and O–H groups in total. The molecule has 0 aliphatic rings. The second-order valence-corrected chi connectivity index (χ2v) is 5.33. The van der Waals surface area contributed by atoms with Gasteiger partial charge in [0.05, 0.1) is 0 Å². The molecule has 0 atom stereocenters. The summed E-state index contributed by atoms with van der Waals surface area (Å²) < 4.78 is 0.980. The molecule has 0 heterocycles. The van der Waals surface area contributed by atoms with Crippen molar-refractivity contribution in [2.45, 2.75) is 32.2 Å². The number of halogens is 1. The van der Waals surface area contributed by atoms with Crippen LogP contribution in [0.3, 0.4) is 0 Å². The van der Waals surface area contributed by atoms with E-state index in [2.05, 4.69) is 15.9 Å². The maximum atomic E-state index is 11.7. The standard InChI is InChI=1S/C12H16BrNO/c1-12(2,14)8-10(15)7-9-5-3-4-6-11(9)13/h3-6H,7-8,14H2,1-2H3. The summed E-state index contributed by atoms with van der Waals surface area (Å²) >= 11 is 3.42. The predicted molar refractivity (Wildman–Crippen MR) is 65.7 cm³/mol. The van der Waals surface area contributed by atoms with Gasteiger partial charge in [-0.1, -0.05) is 34.1 Å². The van der Waals surface area contributed by atoms with Crippen LogP contribution in [0.15, 0.2) is 28.7 Å². The summed E-state index contributed by atoms with van der Waals surface area (Å²) in [4.78, 5) is 11.7. The van der Waals surface area contributed by atoms with Crippen molar-refractivity contribution in [3.8, 4) is 0 Å². The molecule has 1 rings (SSSR count). The smallest absolute Gasteiger partial charge is 0.139 e. The fraction of sp³-hybridized carbons (Fsp3) is 0.417. The van der Waals surface area contributed by atoms with E-state index in [0.29, 0.717) is 12.8 Å². The second kappa shape index (κ2) is 4.90. The molecular formula is C12H16BrNO. The van der Waals surface area contributed by atoms with Crippen LogP contribution in [0, 0.1) is 0 Å². The van der Waals surface area contributed by atoms with Gasteiger partial charge in [-0.05, 0) is 25.5 Å². The first kappa shape index (κ1) is 12.4. The van der Waals surface area contributed by atoms with E-state index in [1.165, 1.54) is 0 Å². The third-order valence-corrected chi connectivity index (χ3v) is 2.77. The van der Waals surface area contributed by atoms with Gasteiger partial charge in [0, 0.05) is 22.9 Å². The van der Waals surface area contributed by atoms with E-state index in [4.69, 9.17) is 5.73 Å². The number of hydrogen-bond donors (Lipinski definition) is 1. The molecule has 3 heteroatoms. The molecular weight excluding hydrogens is 254 g/mol. The van der Waals surface area contributed by atoms with E-state index in [1.54, 1.807) is 0 Å². The minimum Gasteiger partial charge on any atom is -0.325 e. The second-order valence-electron chi connectivity index (χ2n) is 4.47. The SMILES string of the molecule is CC(C)(N)CC(=O)Cc1ccccc1Br. The lowest BCUT2D eigenvalue weighted by Crippen LogP contribution is -2.35. The van der Waals surface area contributed by atoms with Crippen LogP contribution in [0.2, 0.25) is 0 Å². The highest BCUT2D eigenvalue weighted by Gasteiger charge is 2.16. The summed E-state index contributed by atoms with van der Waals surface area (Å²) in [6.45, 7) is 3.73. The molecule has 0 saturated heterocycles. The van der Waals surface area contributed by atoms with E-state index >= 15 is 0 Å². The first-order valence-electron chi connectivity index (χ1n) is 4.92. The number of benzene rings is 1. The van der Waals surface area contributed by atoms with Crippen LogP contribution in [0.4, 0.5) is 0 Å². The Balaban J connectivity index is 2.64. The summed E-state index contributed by atoms with van der Waals surface area (Å²) in [5, 5.41) is 0. The van der Waals surface area contributed by atoms with Crippen molar-refractivity contribution in [3.63, 3.8) is 0 Å². The van der Waals surface area contributed by atoms with Crippen molar-refractivity contribution < 1.29 is 4.79 Å². The highest BCUT2D eigenvalue weighted by molar-refractivity contribution is 9.10. The van der Waals surface area contributed by atoms with Gasteiger partial charge >= 0.3 is 0 Å². The van der Waals surface area contributed by atoms with Gasteiger partial charge in [-0.15, -0.1) is 0 Å². The van der Waals surface area contributed by atoms with Gasteiger partial charge in [-0.3, -0.25) is 4.79 Å². The predicted octanol–water partition coefficient (Wildman–Crippen LogP) is 2.69. The summed E-state index contributed by atoms with van der Waals surface area (Å²) in [5.41, 5.74) is 6.40.